The molecule has 0 spiro atoms. The van der Waals surface area contributed by atoms with Crippen LogP contribution in [0.3, 0.4) is 0 Å². The number of nitrogens with two attached hydrogens (primary N) is 1. The van der Waals surface area contributed by atoms with E-state index in [4.69, 9.17) is 5.73 Å². The van der Waals surface area contributed by atoms with E-state index in [1.54, 1.807) is 0 Å². The van der Waals surface area contributed by atoms with Gasteiger partial charge in [0.15, 0.2) is 0 Å². The average Bonchev–Trinajstić information content (AvgIpc) is 1.85. The lowest BCUT2D eigenvalue weighted by atomic mass is 9.64. The van der Waals surface area contributed by atoms with Gasteiger partial charge in [-0.1, -0.05) is 27.2 Å². The molecule has 1 aliphatic carbocycles. The summed E-state index contributed by atoms with van der Waals surface area (Å²) < 4.78 is 0. The highest BCUT2D eigenvalue weighted by atomic mass is 14.6. The van der Waals surface area contributed by atoms with Crippen molar-refractivity contribution in [3.8, 4) is 0 Å². The maximum atomic E-state index is 5.76. The van der Waals surface area contributed by atoms with E-state index in [1.165, 1.54) is 25.7 Å². The smallest absolute Gasteiger partial charge is 0.00230 e. The van der Waals surface area contributed by atoms with Crippen LogP contribution < -0.4 is 11.9 Å². The van der Waals surface area contributed by atoms with Gasteiger partial charge in [-0.05, 0) is 36.6 Å². The molecule has 2 nitrogen and oxygen atoms in total. The molecule has 0 aromatic rings. The van der Waals surface area contributed by atoms with Crippen LogP contribution in [-0.2, 0) is 0 Å². The fourth-order valence-corrected chi connectivity index (χ4v) is 2.50. The molecule has 12 heavy (non-hydrogen) atoms. The number of rotatable bonds is 1. The fraction of sp³-hybridized carbons (Fsp3) is 1.00. The summed E-state index contributed by atoms with van der Waals surface area (Å²) in [4.78, 5) is 0. The average molecular weight is 172 g/mol. The van der Waals surface area contributed by atoms with E-state index in [2.05, 4.69) is 20.8 Å². The Kier molecular flexibility index (Phi) is 3.73. The van der Waals surface area contributed by atoms with Gasteiger partial charge in [0.1, 0.15) is 0 Å². The molecule has 1 saturated carbocycles. The molecule has 2 heteroatoms. The molecule has 0 radical (unpaired) electrons. The highest BCUT2D eigenvalue weighted by molar-refractivity contribution is 4.87. The fourth-order valence-electron chi connectivity index (χ4n) is 2.50. The molecule has 0 amide bonds. The molecule has 0 heterocycles. The molecule has 0 aromatic carbocycles. The van der Waals surface area contributed by atoms with Gasteiger partial charge in [0.05, 0.1) is 0 Å². The minimum atomic E-state index is 0. The predicted octanol–water partition coefficient (Wildman–Crippen LogP) is 2.71. The summed E-state index contributed by atoms with van der Waals surface area (Å²) in [6, 6.07) is 0. The summed E-state index contributed by atoms with van der Waals surface area (Å²) in [5.41, 5.74) is 6.72. The molecule has 1 rings (SSSR count). The van der Waals surface area contributed by atoms with Crippen molar-refractivity contribution in [1.29, 1.82) is 0 Å². The van der Waals surface area contributed by atoms with Crippen molar-refractivity contribution in [1.82, 2.24) is 6.15 Å². The second kappa shape index (κ2) is 3.75. The standard InChI is InChI=1S/C10H21N.H3N/c1-9(2)5-4-6-10(3,7-9)8-11;/h4-8,11H2,1-3H3;1H3. The molecule has 0 saturated heterocycles. The van der Waals surface area contributed by atoms with E-state index >= 15 is 0 Å². The van der Waals surface area contributed by atoms with E-state index in [0.29, 0.717) is 10.8 Å². The molecule has 1 atom stereocenters. The minimum Gasteiger partial charge on any atom is -0.344 e. The van der Waals surface area contributed by atoms with Crippen LogP contribution in [0.2, 0.25) is 0 Å². The lowest BCUT2D eigenvalue weighted by Gasteiger charge is -2.42. The highest BCUT2D eigenvalue weighted by Gasteiger charge is 2.35. The third kappa shape index (κ3) is 2.76. The summed E-state index contributed by atoms with van der Waals surface area (Å²) in [5, 5.41) is 0. The van der Waals surface area contributed by atoms with Gasteiger partial charge in [-0.3, -0.25) is 0 Å². The summed E-state index contributed by atoms with van der Waals surface area (Å²) in [6.45, 7) is 7.91. The Labute approximate surface area is 76.5 Å². The van der Waals surface area contributed by atoms with Crippen molar-refractivity contribution in [2.75, 3.05) is 6.54 Å². The first-order valence-corrected chi connectivity index (χ1v) is 4.68. The van der Waals surface area contributed by atoms with Gasteiger partial charge in [-0.15, -0.1) is 0 Å². The second-order valence-corrected chi connectivity index (χ2v) is 5.21. The topological polar surface area (TPSA) is 61.0 Å². The first-order valence-electron chi connectivity index (χ1n) is 4.68. The third-order valence-corrected chi connectivity index (χ3v) is 3.03. The van der Waals surface area contributed by atoms with Gasteiger partial charge in [0.2, 0.25) is 0 Å². The molecular weight excluding hydrogens is 148 g/mol. The number of hydrogen-bond donors (Lipinski definition) is 2. The van der Waals surface area contributed by atoms with E-state index < -0.39 is 0 Å². The summed E-state index contributed by atoms with van der Waals surface area (Å²) in [7, 11) is 0. The zero-order valence-electron chi connectivity index (χ0n) is 8.82. The van der Waals surface area contributed by atoms with E-state index in [1.807, 2.05) is 0 Å². The lowest BCUT2D eigenvalue weighted by molar-refractivity contribution is 0.107. The SMILES string of the molecule is CC1(C)CCCC(C)(CN)C1.N. The van der Waals surface area contributed by atoms with Gasteiger partial charge >= 0.3 is 0 Å². The summed E-state index contributed by atoms with van der Waals surface area (Å²) in [5.74, 6) is 0. The first-order chi connectivity index (χ1) is 4.97. The van der Waals surface area contributed by atoms with Crippen molar-refractivity contribution in [3.05, 3.63) is 0 Å². The normalized spacial score (nSPS) is 34.0. The Hall–Kier alpha value is -0.0800. The zero-order chi connectivity index (χ0) is 8.54. The van der Waals surface area contributed by atoms with Crippen LogP contribution in [0.1, 0.15) is 46.5 Å². The van der Waals surface area contributed by atoms with Crippen LogP contribution in [0.4, 0.5) is 0 Å². The van der Waals surface area contributed by atoms with Crippen LogP contribution in [0.25, 0.3) is 0 Å². The molecule has 1 fully saturated rings. The van der Waals surface area contributed by atoms with Gasteiger partial charge < -0.3 is 11.9 Å². The molecule has 0 aliphatic heterocycles. The Balaban J connectivity index is 0.00000121. The maximum Gasteiger partial charge on any atom is -0.00230 e. The van der Waals surface area contributed by atoms with Crippen LogP contribution in [0, 0.1) is 10.8 Å². The molecule has 0 bridgehead atoms. The Bertz CT molecular complexity index is 143. The molecule has 1 aliphatic rings. The van der Waals surface area contributed by atoms with Crippen molar-refractivity contribution in [3.63, 3.8) is 0 Å². The Morgan fingerprint density at radius 3 is 2.08 bits per heavy atom. The molecular formula is C10H24N2. The van der Waals surface area contributed by atoms with Crippen molar-refractivity contribution >= 4 is 0 Å². The van der Waals surface area contributed by atoms with Crippen LogP contribution >= 0.6 is 0 Å². The van der Waals surface area contributed by atoms with Crippen molar-refractivity contribution < 1.29 is 0 Å². The summed E-state index contributed by atoms with van der Waals surface area (Å²) >= 11 is 0. The van der Waals surface area contributed by atoms with E-state index in [0.717, 1.165) is 6.54 Å². The Morgan fingerprint density at radius 2 is 1.75 bits per heavy atom. The first kappa shape index (κ1) is 11.9. The zero-order valence-corrected chi connectivity index (χ0v) is 8.82. The molecule has 74 valence electrons. The van der Waals surface area contributed by atoms with Gasteiger partial charge in [0, 0.05) is 0 Å². The number of hydrogen-bond acceptors (Lipinski definition) is 2. The second-order valence-electron chi connectivity index (χ2n) is 5.21. The van der Waals surface area contributed by atoms with Gasteiger partial charge in [-0.25, -0.2) is 0 Å². The quantitative estimate of drug-likeness (QED) is 0.639. The van der Waals surface area contributed by atoms with E-state index in [-0.39, 0.29) is 6.15 Å². The predicted molar refractivity (Wildman–Crippen MR) is 54.4 cm³/mol. The van der Waals surface area contributed by atoms with Crippen molar-refractivity contribution in [2.24, 2.45) is 16.6 Å². The van der Waals surface area contributed by atoms with Crippen LogP contribution in [-0.4, -0.2) is 6.54 Å². The van der Waals surface area contributed by atoms with Gasteiger partial charge in [0.25, 0.3) is 0 Å². The third-order valence-electron chi connectivity index (χ3n) is 3.03. The van der Waals surface area contributed by atoms with Crippen molar-refractivity contribution in [2.45, 2.75) is 46.5 Å². The molecule has 1 unspecified atom stereocenters. The van der Waals surface area contributed by atoms with Crippen LogP contribution in [0.15, 0.2) is 0 Å². The maximum absolute atomic E-state index is 5.76. The summed E-state index contributed by atoms with van der Waals surface area (Å²) in [6.07, 6.45) is 5.37. The lowest BCUT2D eigenvalue weighted by Crippen LogP contribution is -2.36. The largest absolute Gasteiger partial charge is 0.344 e. The highest BCUT2D eigenvalue weighted by Crippen LogP contribution is 2.45. The minimum absolute atomic E-state index is 0. The monoisotopic (exact) mass is 172 g/mol. The molecule has 0 aromatic heterocycles. The van der Waals surface area contributed by atoms with Gasteiger partial charge in [-0.2, -0.15) is 0 Å². The molecule has 5 N–H and O–H groups in total. The Morgan fingerprint density at radius 1 is 1.17 bits per heavy atom. The van der Waals surface area contributed by atoms with Crippen LogP contribution in [0.5, 0.6) is 0 Å². The van der Waals surface area contributed by atoms with E-state index in [9.17, 15) is 0 Å².